The van der Waals surface area contributed by atoms with E-state index >= 15 is 0 Å². The lowest BCUT2D eigenvalue weighted by Crippen LogP contribution is -2.17. The first-order chi connectivity index (χ1) is 14.5. The Kier molecular flexibility index (Phi) is 5.30. The first kappa shape index (κ1) is 19.4. The number of nitrogens with one attached hydrogen (secondary N) is 2. The molecule has 0 aliphatic heterocycles. The number of rotatable bonds is 5. The Morgan fingerprint density at radius 3 is 2.13 bits per heavy atom. The molecule has 0 fully saturated rings. The van der Waals surface area contributed by atoms with Crippen LogP contribution < -0.4 is 10.6 Å². The van der Waals surface area contributed by atoms with E-state index in [4.69, 9.17) is 0 Å². The minimum absolute atomic E-state index is 0.0439. The molecule has 30 heavy (non-hydrogen) atoms. The fraction of sp³-hybridized carbons (Fsp3) is 0.125. The van der Waals surface area contributed by atoms with Gasteiger partial charge in [0.15, 0.2) is 0 Å². The van der Waals surface area contributed by atoms with E-state index in [1.54, 1.807) is 42.7 Å². The van der Waals surface area contributed by atoms with Crippen LogP contribution in [0.25, 0.3) is 16.7 Å². The molecule has 0 saturated heterocycles. The number of aromatic nitrogens is 2. The van der Waals surface area contributed by atoms with E-state index in [2.05, 4.69) is 15.6 Å². The summed E-state index contributed by atoms with van der Waals surface area (Å²) in [7, 11) is 0. The number of imidazole rings is 1. The summed E-state index contributed by atoms with van der Waals surface area (Å²) < 4.78 is 1.99. The van der Waals surface area contributed by atoms with E-state index in [1.807, 2.05) is 54.8 Å². The Labute approximate surface area is 174 Å². The maximum absolute atomic E-state index is 12.6. The highest BCUT2D eigenvalue weighted by atomic mass is 16.2. The largest absolute Gasteiger partial charge is 0.326 e. The van der Waals surface area contributed by atoms with Gasteiger partial charge in [0.05, 0.1) is 11.0 Å². The van der Waals surface area contributed by atoms with Gasteiger partial charge in [-0.3, -0.25) is 14.2 Å². The first-order valence-electron chi connectivity index (χ1n) is 9.76. The molecule has 3 aromatic carbocycles. The van der Waals surface area contributed by atoms with Crippen LogP contribution in [0.3, 0.4) is 0 Å². The molecule has 2 N–H and O–H groups in total. The normalized spacial score (nSPS) is 10.9. The molecule has 0 spiro atoms. The third-order valence-corrected chi connectivity index (χ3v) is 4.80. The number of anilines is 2. The zero-order valence-corrected chi connectivity index (χ0v) is 16.8. The number of benzene rings is 3. The predicted octanol–water partition coefficient (Wildman–Crippen LogP) is 4.87. The molecule has 2 amide bonds. The summed E-state index contributed by atoms with van der Waals surface area (Å²) in [6.45, 7) is 3.68. The number of hydrogen-bond acceptors (Lipinski definition) is 3. The van der Waals surface area contributed by atoms with Crippen molar-refractivity contribution in [1.29, 1.82) is 0 Å². The van der Waals surface area contributed by atoms with Crippen LogP contribution in [0.4, 0.5) is 11.4 Å². The van der Waals surface area contributed by atoms with E-state index in [1.165, 1.54) is 0 Å². The van der Waals surface area contributed by atoms with Gasteiger partial charge in [-0.15, -0.1) is 0 Å². The Balaban J connectivity index is 1.44. The second kappa shape index (κ2) is 8.21. The van der Waals surface area contributed by atoms with Gasteiger partial charge < -0.3 is 10.6 Å². The molecule has 0 aliphatic rings. The highest BCUT2D eigenvalue weighted by Crippen LogP contribution is 2.19. The highest BCUT2D eigenvalue weighted by molar-refractivity contribution is 6.04. The van der Waals surface area contributed by atoms with Crippen molar-refractivity contribution < 1.29 is 9.59 Å². The van der Waals surface area contributed by atoms with Crippen molar-refractivity contribution in [3.05, 3.63) is 84.7 Å². The van der Waals surface area contributed by atoms with Crippen LogP contribution in [0.1, 0.15) is 24.2 Å². The summed E-state index contributed by atoms with van der Waals surface area (Å²) >= 11 is 0. The van der Waals surface area contributed by atoms with E-state index in [0.717, 1.165) is 16.7 Å². The topological polar surface area (TPSA) is 76.0 Å². The molecule has 1 aromatic heterocycles. The maximum atomic E-state index is 12.6. The average Bonchev–Trinajstić information content (AvgIpc) is 3.19. The van der Waals surface area contributed by atoms with Crippen molar-refractivity contribution in [2.75, 3.05) is 10.6 Å². The van der Waals surface area contributed by atoms with Crippen LogP contribution in [0.5, 0.6) is 0 Å². The monoisotopic (exact) mass is 398 g/mol. The zero-order chi connectivity index (χ0) is 21.1. The molecule has 4 rings (SSSR count). The second-order valence-electron chi connectivity index (χ2n) is 7.33. The smallest absolute Gasteiger partial charge is 0.255 e. The molecular formula is C24H22N4O2. The number of nitrogens with zero attached hydrogens (tertiary/aromatic N) is 2. The Bertz CT molecular complexity index is 1190. The molecule has 0 atom stereocenters. The molecule has 0 saturated carbocycles. The van der Waals surface area contributed by atoms with Gasteiger partial charge in [0, 0.05) is 28.5 Å². The van der Waals surface area contributed by atoms with E-state index in [9.17, 15) is 9.59 Å². The second-order valence-corrected chi connectivity index (χ2v) is 7.33. The molecular weight excluding hydrogens is 376 g/mol. The van der Waals surface area contributed by atoms with Crippen molar-refractivity contribution in [3.63, 3.8) is 0 Å². The van der Waals surface area contributed by atoms with Gasteiger partial charge in [0.1, 0.15) is 6.33 Å². The lowest BCUT2D eigenvalue weighted by molar-refractivity contribution is -0.118. The number of carbonyl (C=O) groups excluding carboxylic acids is 2. The van der Waals surface area contributed by atoms with Crippen LogP contribution in [0, 0.1) is 5.92 Å². The van der Waals surface area contributed by atoms with Crippen molar-refractivity contribution >= 4 is 34.2 Å². The zero-order valence-electron chi connectivity index (χ0n) is 16.8. The summed E-state index contributed by atoms with van der Waals surface area (Å²) in [6.07, 6.45) is 1.78. The van der Waals surface area contributed by atoms with Crippen LogP contribution in [0.15, 0.2) is 79.1 Å². The Morgan fingerprint density at radius 1 is 0.833 bits per heavy atom. The molecule has 0 aliphatic carbocycles. The first-order valence-corrected chi connectivity index (χ1v) is 9.76. The minimum atomic E-state index is -0.198. The SMILES string of the molecule is CC(C)C(=O)Nc1ccc(NC(=O)c2ccc(-n3cnc4ccccc43)cc2)cc1. The Morgan fingerprint density at radius 2 is 1.47 bits per heavy atom. The molecule has 0 unspecified atom stereocenters. The summed E-state index contributed by atoms with van der Waals surface area (Å²) in [5, 5.41) is 5.70. The van der Waals surface area contributed by atoms with Gasteiger partial charge in [-0.2, -0.15) is 0 Å². The number of para-hydroxylation sites is 2. The van der Waals surface area contributed by atoms with Crippen LogP contribution in [0.2, 0.25) is 0 Å². The average molecular weight is 398 g/mol. The molecule has 150 valence electrons. The number of fused-ring (bicyclic) bond motifs is 1. The minimum Gasteiger partial charge on any atom is -0.326 e. The molecule has 0 bridgehead atoms. The summed E-state index contributed by atoms with van der Waals surface area (Å²) in [4.78, 5) is 28.7. The van der Waals surface area contributed by atoms with E-state index in [0.29, 0.717) is 16.9 Å². The van der Waals surface area contributed by atoms with Crippen LogP contribution >= 0.6 is 0 Å². The summed E-state index contributed by atoms with van der Waals surface area (Å²) in [5.74, 6) is -0.332. The van der Waals surface area contributed by atoms with Crippen molar-refractivity contribution in [3.8, 4) is 5.69 Å². The van der Waals surface area contributed by atoms with Gasteiger partial charge >= 0.3 is 0 Å². The predicted molar refractivity (Wildman–Crippen MR) is 119 cm³/mol. The fourth-order valence-electron chi connectivity index (χ4n) is 3.07. The van der Waals surface area contributed by atoms with Crippen molar-refractivity contribution in [2.24, 2.45) is 5.92 Å². The fourth-order valence-corrected chi connectivity index (χ4v) is 3.07. The standard InChI is InChI=1S/C24H22N4O2/c1-16(2)23(29)26-18-9-11-19(12-10-18)27-24(30)17-7-13-20(14-8-17)28-15-25-21-5-3-4-6-22(21)28/h3-16H,1-2H3,(H,26,29)(H,27,30). The van der Waals surface area contributed by atoms with Gasteiger partial charge in [0.25, 0.3) is 5.91 Å². The summed E-state index contributed by atoms with van der Waals surface area (Å²) in [6, 6.07) is 22.3. The van der Waals surface area contributed by atoms with Crippen LogP contribution in [-0.2, 0) is 4.79 Å². The third kappa shape index (κ3) is 4.07. The molecule has 6 nitrogen and oxygen atoms in total. The lowest BCUT2D eigenvalue weighted by atomic mass is 10.1. The number of amides is 2. The van der Waals surface area contributed by atoms with Crippen LogP contribution in [-0.4, -0.2) is 21.4 Å². The molecule has 1 heterocycles. The van der Waals surface area contributed by atoms with Gasteiger partial charge in [-0.25, -0.2) is 4.98 Å². The third-order valence-electron chi connectivity index (χ3n) is 4.80. The number of carbonyl (C=O) groups is 2. The Hall–Kier alpha value is -3.93. The van der Waals surface area contributed by atoms with Crippen molar-refractivity contribution in [2.45, 2.75) is 13.8 Å². The number of hydrogen-bond donors (Lipinski definition) is 2. The molecule has 6 heteroatoms. The summed E-state index contributed by atoms with van der Waals surface area (Å²) in [5.41, 5.74) is 4.79. The van der Waals surface area contributed by atoms with E-state index in [-0.39, 0.29) is 17.7 Å². The van der Waals surface area contributed by atoms with Gasteiger partial charge in [-0.1, -0.05) is 26.0 Å². The van der Waals surface area contributed by atoms with Gasteiger partial charge in [-0.05, 0) is 60.7 Å². The molecule has 4 aromatic rings. The van der Waals surface area contributed by atoms with E-state index < -0.39 is 0 Å². The highest BCUT2D eigenvalue weighted by Gasteiger charge is 2.10. The maximum Gasteiger partial charge on any atom is 0.255 e. The van der Waals surface area contributed by atoms with Crippen molar-refractivity contribution in [1.82, 2.24) is 9.55 Å². The molecule has 0 radical (unpaired) electrons. The lowest BCUT2D eigenvalue weighted by Gasteiger charge is -2.10. The van der Waals surface area contributed by atoms with Gasteiger partial charge in [0.2, 0.25) is 5.91 Å². The quantitative estimate of drug-likeness (QED) is 0.503.